The van der Waals surface area contributed by atoms with Crippen molar-refractivity contribution in [3.8, 4) is 0 Å². The Morgan fingerprint density at radius 2 is 2.43 bits per heavy atom. The third kappa shape index (κ3) is 2.69. The van der Waals surface area contributed by atoms with Crippen molar-refractivity contribution in [1.82, 2.24) is 4.90 Å². The van der Waals surface area contributed by atoms with Gasteiger partial charge in [-0.05, 0) is 32.2 Å². The third-order valence-electron chi connectivity index (χ3n) is 2.87. The van der Waals surface area contributed by atoms with Gasteiger partial charge in [0, 0.05) is 20.2 Å². The second-order valence-corrected chi connectivity index (χ2v) is 3.91. The molecule has 0 spiro atoms. The molecule has 1 heterocycles. The Bertz CT molecular complexity index is 197. The van der Waals surface area contributed by atoms with Crippen LogP contribution in [0.4, 0.5) is 0 Å². The Hall–Kier alpha value is -0.610. The molecule has 4 heteroatoms. The maximum absolute atomic E-state index is 11.8. The van der Waals surface area contributed by atoms with Crippen LogP contribution in [0.2, 0.25) is 0 Å². The molecule has 2 N–H and O–H groups in total. The highest BCUT2D eigenvalue weighted by molar-refractivity contribution is 5.80. The predicted octanol–water partition coefficient (Wildman–Crippen LogP) is 0.219. The molecular weight excluding hydrogens is 180 g/mol. The van der Waals surface area contributed by atoms with E-state index in [9.17, 15) is 4.79 Å². The zero-order chi connectivity index (χ0) is 10.6. The van der Waals surface area contributed by atoms with Crippen LogP contribution in [0.1, 0.15) is 19.8 Å². The van der Waals surface area contributed by atoms with Crippen LogP contribution in [0.25, 0.3) is 0 Å². The smallest absolute Gasteiger partial charge is 0.251 e. The molecule has 0 saturated carbocycles. The molecule has 1 rings (SSSR count). The van der Waals surface area contributed by atoms with Gasteiger partial charge in [-0.15, -0.1) is 0 Å². The quantitative estimate of drug-likeness (QED) is 0.709. The van der Waals surface area contributed by atoms with Gasteiger partial charge in [-0.1, -0.05) is 0 Å². The van der Waals surface area contributed by atoms with E-state index >= 15 is 0 Å². The largest absolute Gasteiger partial charge is 0.372 e. The molecule has 0 radical (unpaired) electrons. The van der Waals surface area contributed by atoms with Crippen LogP contribution < -0.4 is 5.73 Å². The highest BCUT2D eigenvalue weighted by atomic mass is 16.5. The third-order valence-corrected chi connectivity index (χ3v) is 2.87. The summed E-state index contributed by atoms with van der Waals surface area (Å²) >= 11 is 0. The summed E-state index contributed by atoms with van der Waals surface area (Å²) in [6.45, 7) is 4.10. The second kappa shape index (κ2) is 5.32. The molecule has 1 aliphatic heterocycles. The van der Waals surface area contributed by atoms with Gasteiger partial charge < -0.3 is 15.4 Å². The van der Waals surface area contributed by atoms with Crippen molar-refractivity contribution in [2.75, 3.05) is 26.7 Å². The van der Waals surface area contributed by atoms with E-state index in [0.29, 0.717) is 12.5 Å². The molecule has 4 nitrogen and oxygen atoms in total. The first kappa shape index (κ1) is 11.5. The summed E-state index contributed by atoms with van der Waals surface area (Å²) in [5.41, 5.74) is 5.61. The molecule has 1 saturated heterocycles. The Morgan fingerprint density at radius 3 is 3.00 bits per heavy atom. The first-order valence-corrected chi connectivity index (χ1v) is 5.20. The Labute approximate surface area is 85.4 Å². The van der Waals surface area contributed by atoms with Gasteiger partial charge >= 0.3 is 0 Å². The standard InChI is InChI=1S/C10H20N2O2/c1-8(14-2)10(13)12-5-3-4-9(6-11)7-12/h8-9H,3-7,11H2,1-2H3. The first-order chi connectivity index (χ1) is 6.69. The van der Waals surface area contributed by atoms with Crippen molar-refractivity contribution >= 4 is 5.91 Å². The van der Waals surface area contributed by atoms with E-state index in [1.165, 1.54) is 0 Å². The number of nitrogens with zero attached hydrogens (tertiary/aromatic N) is 1. The molecule has 0 aromatic carbocycles. The number of rotatable bonds is 3. The number of methoxy groups -OCH3 is 1. The minimum absolute atomic E-state index is 0.0886. The molecule has 0 bridgehead atoms. The Kier molecular flexibility index (Phi) is 4.35. The molecule has 0 aliphatic carbocycles. The van der Waals surface area contributed by atoms with E-state index in [1.54, 1.807) is 14.0 Å². The lowest BCUT2D eigenvalue weighted by Gasteiger charge is -2.33. The molecular formula is C10H20N2O2. The lowest BCUT2D eigenvalue weighted by atomic mass is 9.98. The van der Waals surface area contributed by atoms with Crippen LogP contribution in [-0.2, 0) is 9.53 Å². The van der Waals surface area contributed by atoms with Crippen LogP contribution in [0.3, 0.4) is 0 Å². The summed E-state index contributed by atoms with van der Waals surface area (Å²) in [6.07, 6.45) is 1.87. The summed E-state index contributed by atoms with van der Waals surface area (Å²) in [6, 6.07) is 0. The zero-order valence-electron chi connectivity index (χ0n) is 9.03. The normalized spacial score (nSPS) is 24.8. The molecule has 1 amide bonds. The summed E-state index contributed by atoms with van der Waals surface area (Å²) in [5.74, 6) is 0.558. The number of ether oxygens (including phenoxy) is 1. The van der Waals surface area contributed by atoms with Gasteiger partial charge in [0.05, 0.1) is 0 Å². The molecule has 1 fully saturated rings. The highest BCUT2D eigenvalue weighted by Gasteiger charge is 2.25. The minimum Gasteiger partial charge on any atom is -0.372 e. The zero-order valence-corrected chi connectivity index (χ0v) is 9.03. The lowest BCUT2D eigenvalue weighted by Crippen LogP contribution is -2.46. The maximum Gasteiger partial charge on any atom is 0.251 e. The van der Waals surface area contributed by atoms with Crippen molar-refractivity contribution in [2.45, 2.75) is 25.9 Å². The van der Waals surface area contributed by atoms with Crippen molar-refractivity contribution in [3.63, 3.8) is 0 Å². The topological polar surface area (TPSA) is 55.6 Å². The summed E-state index contributed by atoms with van der Waals surface area (Å²) in [7, 11) is 1.56. The number of amides is 1. The predicted molar refractivity (Wildman–Crippen MR) is 54.8 cm³/mol. The molecule has 14 heavy (non-hydrogen) atoms. The van der Waals surface area contributed by atoms with Gasteiger partial charge in [0.15, 0.2) is 0 Å². The average Bonchev–Trinajstić information content (AvgIpc) is 2.27. The van der Waals surface area contributed by atoms with E-state index in [2.05, 4.69) is 0 Å². The van der Waals surface area contributed by atoms with Crippen LogP contribution in [0, 0.1) is 5.92 Å². The number of nitrogens with two attached hydrogens (primary N) is 1. The van der Waals surface area contributed by atoms with E-state index in [0.717, 1.165) is 25.9 Å². The van der Waals surface area contributed by atoms with E-state index in [1.807, 2.05) is 4.90 Å². The van der Waals surface area contributed by atoms with Crippen molar-refractivity contribution in [2.24, 2.45) is 11.7 Å². The molecule has 2 atom stereocenters. The lowest BCUT2D eigenvalue weighted by molar-refractivity contribution is -0.142. The van der Waals surface area contributed by atoms with Crippen molar-refractivity contribution < 1.29 is 9.53 Å². The molecule has 82 valence electrons. The number of carbonyl (C=O) groups is 1. The van der Waals surface area contributed by atoms with Gasteiger partial charge in [0.2, 0.25) is 0 Å². The average molecular weight is 200 g/mol. The maximum atomic E-state index is 11.8. The van der Waals surface area contributed by atoms with Crippen LogP contribution >= 0.6 is 0 Å². The number of hydrogen-bond donors (Lipinski definition) is 1. The molecule has 2 unspecified atom stereocenters. The highest BCUT2D eigenvalue weighted by Crippen LogP contribution is 2.16. The van der Waals surface area contributed by atoms with E-state index < -0.39 is 0 Å². The number of carbonyl (C=O) groups excluding carboxylic acids is 1. The monoisotopic (exact) mass is 200 g/mol. The first-order valence-electron chi connectivity index (χ1n) is 5.20. The van der Waals surface area contributed by atoms with Crippen LogP contribution in [-0.4, -0.2) is 43.7 Å². The summed E-state index contributed by atoms with van der Waals surface area (Å²) < 4.78 is 5.01. The number of piperidine rings is 1. The van der Waals surface area contributed by atoms with Crippen LogP contribution in [0.15, 0.2) is 0 Å². The SMILES string of the molecule is COC(C)C(=O)N1CCCC(CN)C1. The minimum atomic E-state index is -0.327. The van der Waals surface area contributed by atoms with Gasteiger partial charge in [0.25, 0.3) is 5.91 Å². The van der Waals surface area contributed by atoms with Gasteiger partial charge in [-0.25, -0.2) is 0 Å². The van der Waals surface area contributed by atoms with E-state index in [-0.39, 0.29) is 12.0 Å². The molecule has 0 aromatic rings. The Balaban J connectivity index is 2.47. The number of likely N-dealkylation sites (tertiary alicyclic amines) is 1. The molecule has 0 aromatic heterocycles. The van der Waals surface area contributed by atoms with Gasteiger partial charge in [-0.3, -0.25) is 4.79 Å². The Morgan fingerprint density at radius 1 is 1.71 bits per heavy atom. The second-order valence-electron chi connectivity index (χ2n) is 3.91. The molecule has 1 aliphatic rings. The fourth-order valence-corrected chi connectivity index (χ4v) is 1.82. The van der Waals surface area contributed by atoms with Gasteiger partial charge in [-0.2, -0.15) is 0 Å². The fraction of sp³-hybridized carbons (Fsp3) is 0.900. The summed E-state index contributed by atoms with van der Waals surface area (Å²) in [4.78, 5) is 13.6. The summed E-state index contributed by atoms with van der Waals surface area (Å²) in [5, 5.41) is 0. The fourth-order valence-electron chi connectivity index (χ4n) is 1.82. The number of hydrogen-bond acceptors (Lipinski definition) is 3. The van der Waals surface area contributed by atoms with Crippen molar-refractivity contribution in [1.29, 1.82) is 0 Å². The van der Waals surface area contributed by atoms with Crippen LogP contribution in [0.5, 0.6) is 0 Å². The van der Waals surface area contributed by atoms with Crippen molar-refractivity contribution in [3.05, 3.63) is 0 Å². The van der Waals surface area contributed by atoms with Gasteiger partial charge in [0.1, 0.15) is 6.10 Å². The van der Waals surface area contributed by atoms with E-state index in [4.69, 9.17) is 10.5 Å².